The van der Waals surface area contributed by atoms with Gasteiger partial charge in [0.2, 0.25) is 0 Å². The summed E-state index contributed by atoms with van der Waals surface area (Å²) in [6.45, 7) is 5.58. The monoisotopic (exact) mass is 323 g/mol. The van der Waals surface area contributed by atoms with E-state index in [1.54, 1.807) is 0 Å². The van der Waals surface area contributed by atoms with Gasteiger partial charge in [-0.1, -0.05) is 41.9 Å². The van der Waals surface area contributed by atoms with Crippen LogP contribution in [0.15, 0.2) is 28.7 Å². The zero-order chi connectivity index (χ0) is 13.8. The summed E-state index contributed by atoms with van der Waals surface area (Å²) < 4.78 is 1.19. The van der Waals surface area contributed by atoms with E-state index in [-0.39, 0.29) is 0 Å². The van der Waals surface area contributed by atoms with Crippen LogP contribution in [0.2, 0.25) is 0 Å². The van der Waals surface area contributed by atoms with Crippen LogP contribution in [0.5, 0.6) is 0 Å². The van der Waals surface area contributed by atoms with Crippen LogP contribution in [0.25, 0.3) is 0 Å². The molecule has 0 spiro atoms. The molecular weight excluding hydrogens is 298 g/mol. The van der Waals surface area contributed by atoms with Crippen molar-refractivity contribution in [3.63, 3.8) is 0 Å². The number of nitrogens with two attached hydrogens (primary N) is 1. The minimum Gasteiger partial charge on any atom is -0.330 e. The van der Waals surface area contributed by atoms with Gasteiger partial charge in [0.25, 0.3) is 0 Å². The van der Waals surface area contributed by atoms with E-state index in [1.165, 1.54) is 35.7 Å². The van der Waals surface area contributed by atoms with Crippen LogP contribution in [-0.2, 0) is 6.42 Å². The van der Waals surface area contributed by atoms with Crippen molar-refractivity contribution < 1.29 is 0 Å². The fraction of sp³-hybridized carbons (Fsp3) is 0.647. The van der Waals surface area contributed by atoms with Gasteiger partial charge in [0.05, 0.1) is 0 Å². The summed E-state index contributed by atoms with van der Waals surface area (Å²) in [5.41, 5.74) is 7.44. The Bertz CT molecular complexity index is 402. The summed E-state index contributed by atoms with van der Waals surface area (Å²) in [4.78, 5) is 0. The predicted octanol–water partition coefficient (Wildman–Crippen LogP) is 4.64. The van der Waals surface area contributed by atoms with Gasteiger partial charge >= 0.3 is 0 Å². The highest BCUT2D eigenvalue weighted by atomic mass is 79.9. The Morgan fingerprint density at radius 3 is 2.68 bits per heavy atom. The fourth-order valence-electron chi connectivity index (χ4n) is 3.50. The molecule has 2 heteroatoms. The Labute approximate surface area is 126 Å². The third-order valence-electron chi connectivity index (χ3n) is 4.81. The van der Waals surface area contributed by atoms with Gasteiger partial charge < -0.3 is 5.73 Å². The average Bonchev–Trinajstić information content (AvgIpc) is 2.38. The van der Waals surface area contributed by atoms with Crippen LogP contribution in [0, 0.1) is 23.7 Å². The molecule has 0 radical (unpaired) electrons. The van der Waals surface area contributed by atoms with E-state index < -0.39 is 0 Å². The molecule has 1 aliphatic carbocycles. The molecule has 1 aromatic carbocycles. The molecule has 0 heterocycles. The van der Waals surface area contributed by atoms with Crippen molar-refractivity contribution in [2.24, 2.45) is 29.4 Å². The zero-order valence-electron chi connectivity index (χ0n) is 12.1. The Hall–Kier alpha value is -0.340. The molecule has 19 heavy (non-hydrogen) atoms. The lowest BCUT2D eigenvalue weighted by Crippen LogP contribution is -2.33. The van der Waals surface area contributed by atoms with Crippen molar-refractivity contribution in [3.05, 3.63) is 34.3 Å². The standard InChI is InChI=1S/C17H26BrN/c1-12(2)14-6-7-15(11-19)16(10-14)8-13-4-3-5-17(18)9-13/h3-5,9,12,14-16H,6-8,10-11,19H2,1-2H3. The van der Waals surface area contributed by atoms with Crippen LogP contribution in [0.1, 0.15) is 38.7 Å². The van der Waals surface area contributed by atoms with E-state index >= 15 is 0 Å². The van der Waals surface area contributed by atoms with E-state index in [0.717, 1.165) is 24.3 Å². The van der Waals surface area contributed by atoms with Crippen molar-refractivity contribution in [2.75, 3.05) is 6.54 Å². The maximum Gasteiger partial charge on any atom is 0.0177 e. The molecule has 3 atom stereocenters. The highest BCUT2D eigenvalue weighted by Crippen LogP contribution is 2.38. The first kappa shape index (κ1) is 15.1. The summed E-state index contributed by atoms with van der Waals surface area (Å²) in [5.74, 6) is 3.18. The van der Waals surface area contributed by atoms with E-state index in [1.807, 2.05) is 0 Å². The Kier molecular flexibility index (Phi) is 5.47. The van der Waals surface area contributed by atoms with Gasteiger partial charge in [0, 0.05) is 4.47 Å². The second-order valence-electron chi connectivity index (χ2n) is 6.41. The van der Waals surface area contributed by atoms with E-state index in [2.05, 4.69) is 54.0 Å². The molecular formula is C17H26BrN. The lowest BCUT2D eigenvalue weighted by atomic mass is 9.69. The number of hydrogen-bond donors (Lipinski definition) is 1. The van der Waals surface area contributed by atoms with Crippen molar-refractivity contribution in [2.45, 2.75) is 39.5 Å². The van der Waals surface area contributed by atoms with Gasteiger partial charge in [-0.2, -0.15) is 0 Å². The molecule has 0 amide bonds. The van der Waals surface area contributed by atoms with Crippen LogP contribution in [0.4, 0.5) is 0 Å². The molecule has 0 aromatic heterocycles. The van der Waals surface area contributed by atoms with Gasteiger partial charge in [-0.3, -0.25) is 0 Å². The Morgan fingerprint density at radius 1 is 1.26 bits per heavy atom. The van der Waals surface area contributed by atoms with Crippen LogP contribution < -0.4 is 5.73 Å². The number of hydrogen-bond acceptors (Lipinski definition) is 1. The largest absolute Gasteiger partial charge is 0.330 e. The summed E-state index contributed by atoms with van der Waals surface area (Å²) in [6.07, 6.45) is 5.23. The first-order chi connectivity index (χ1) is 9.10. The topological polar surface area (TPSA) is 26.0 Å². The molecule has 2 N–H and O–H groups in total. The van der Waals surface area contributed by atoms with Gasteiger partial charge in [-0.25, -0.2) is 0 Å². The Balaban J connectivity index is 2.06. The fourth-order valence-corrected chi connectivity index (χ4v) is 3.94. The van der Waals surface area contributed by atoms with Crippen molar-refractivity contribution >= 4 is 15.9 Å². The second kappa shape index (κ2) is 6.90. The molecule has 0 saturated heterocycles. The highest BCUT2D eigenvalue weighted by Gasteiger charge is 2.30. The average molecular weight is 324 g/mol. The van der Waals surface area contributed by atoms with E-state index in [0.29, 0.717) is 5.92 Å². The van der Waals surface area contributed by atoms with Crippen LogP contribution in [0.3, 0.4) is 0 Å². The number of halogens is 1. The summed E-state index contributed by atoms with van der Waals surface area (Å²) in [5, 5.41) is 0. The molecule has 1 aromatic rings. The molecule has 0 aliphatic heterocycles. The lowest BCUT2D eigenvalue weighted by Gasteiger charge is -2.37. The van der Waals surface area contributed by atoms with Gasteiger partial charge in [-0.15, -0.1) is 0 Å². The molecule has 2 rings (SSSR count). The van der Waals surface area contributed by atoms with Gasteiger partial charge in [-0.05, 0) is 73.6 Å². The lowest BCUT2D eigenvalue weighted by molar-refractivity contribution is 0.151. The first-order valence-corrected chi connectivity index (χ1v) is 8.34. The highest BCUT2D eigenvalue weighted by molar-refractivity contribution is 9.10. The third-order valence-corrected chi connectivity index (χ3v) is 5.31. The van der Waals surface area contributed by atoms with Crippen molar-refractivity contribution in [3.8, 4) is 0 Å². The number of benzene rings is 1. The maximum absolute atomic E-state index is 5.99. The first-order valence-electron chi connectivity index (χ1n) is 7.54. The molecule has 1 aliphatic rings. The van der Waals surface area contributed by atoms with E-state index in [4.69, 9.17) is 5.73 Å². The summed E-state index contributed by atoms with van der Waals surface area (Å²) >= 11 is 3.57. The third kappa shape index (κ3) is 4.06. The Morgan fingerprint density at radius 2 is 2.05 bits per heavy atom. The second-order valence-corrected chi connectivity index (χ2v) is 7.32. The smallest absolute Gasteiger partial charge is 0.0177 e. The molecule has 3 unspecified atom stereocenters. The van der Waals surface area contributed by atoms with Crippen molar-refractivity contribution in [1.82, 2.24) is 0 Å². The predicted molar refractivity (Wildman–Crippen MR) is 86.1 cm³/mol. The van der Waals surface area contributed by atoms with Crippen LogP contribution in [-0.4, -0.2) is 6.54 Å². The van der Waals surface area contributed by atoms with Crippen LogP contribution >= 0.6 is 15.9 Å². The molecule has 106 valence electrons. The summed E-state index contributed by atoms with van der Waals surface area (Å²) in [7, 11) is 0. The van der Waals surface area contributed by atoms with Crippen molar-refractivity contribution in [1.29, 1.82) is 0 Å². The minimum atomic E-state index is 0.717. The van der Waals surface area contributed by atoms with Gasteiger partial charge in [0.15, 0.2) is 0 Å². The molecule has 1 fully saturated rings. The van der Waals surface area contributed by atoms with E-state index in [9.17, 15) is 0 Å². The molecule has 0 bridgehead atoms. The van der Waals surface area contributed by atoms with Gasteiger partial charge in [0.1, 0.15) is 0 Å². The number of rotatable bonds is 4. The minimum absolute atomic E-state index is 0.717. The summed E-state index contributed by atoms with van der Waals surface area (Å²) in [6, 6.07) is 8.74. The molecule has 1 nitrogen and oxygen atoms in total. The zero-order valence-corrected chi connectivity index (χ0v) is 13.7. The normalized spacial score (nSPS) is 27.7. The quantitative estimate of drug-likeness (QED) is 0.858. The molecule has 1 saturated carbocycles. The SMILES string of the molecule is CC(C)C1CCC(CN)C(Cc2cccc(Br)c2)C1. The maximum atomic E-state index is 5.99.